The summed E-state index contributed by atoms with van der Waals surface area (Å²) in [5.74, 6) is 6.02. The molecule has 0 aliphatic rings. The third-order valence-corrected chi connectivity index (χ3v) is 3.76. The topological polar surface area (TPSA) is 40.5 Å². The molecule has 1 aromatic carbocycles. The van der Waals surface area contributed by atoms with Crippen molar-refractivity contribution in [3.63, 3.8) is 0 Å². The maximum absolute atomic E-state index is 12.7. The van der Waals surface area contributed by atoms with Gasteiger partial charge in [-0.1, -0.05) is 50.7 Å². The minimum atomic E-state index is -0.201. The van der Waals surface area contributed by atoms with Gasteiger partial charge in [-0.05, 0) is 25.0 Å². The highest BCUT2D eigenvalue weighted by atomic mass is 16.2. The minimum absolute atomic E-state index is 0.0206. The third-order valence-electron chi connectivity index (χ3n) is 3.76. The van der Waals surface area contributed by atoms with Crippen molar-refractivity contribution in [1.29, 1.82) is 0 Å². The van der Waals surface area contributed by atoms with E-state index in [0.29, 0.717) is 23.6 Å². The molecule has 0 aromatic heterocycles. The van der Waals surface area contributed by atoms with E-state index in [1.165, 1.54) is 0 Å². The first-order valence-corrected chi connectivity index (χ1v) is 7.65. The fraction of sp³-hybridized carbons (Fsp3) is 0.500. The molecule has 0 unspecified atom stereocenters. The Kier molecular flexibility index (Phi) is 7.56. The zero-order chi connectivity index (χ0) is 15.7. The summed E-state index contributed by atoms with van der Waals surface area (Å²) in [6, 6.07) is 7.33. The molecule has 0 atom stereocenters. The average Bonchev–Trinajstić information content (AvgIpc) is 2.54. The van der Waals surface area contributed by atoms with E-state index in [9.17, 15) is 4.79 Å². The van der Waals surface area contributed by atoms with Crippen molar-refractivity contribution in [3.8, 4) is 11.8 Å². The molecule has 0 radical (unpaired) electrons. The molecular weight excluding hydrogens is 262 g/mol. The predicted octanol–water partition coefficient (Wildman–Crippen LogP) is 2.93. The van der Waals surface area contributed by atoms with Crippen molar-refractivity contribution in [2.75, 3.05) is 19.7 Å². The summed E-state index contributed by atoms with van der Waals surface area (Å²) in [7, 11) is 0. The van der Waals surface area contributed by atoms with Gasteiger partial charge in [0.25, 0.3) is 5.91 Å². The summed E-state index contributed by atoms with van der Waals surface area (Å²) in [5.41, 5.74) is 1.30. The zero-order valence-corrected chi connectivity index (χ0v) is 13.2. The van der Waals surface area contributed by atoms with Crippen molar-refractivity contribution < 1.29 is 9.90 Å². The van der Waals surface area contributed by atoms with Crippen molar-refractivity contribution in [3.05, 3.63) is 35.4 Å². The number of aliphatic hydroxyl groups excluding tert-OH is 1. The first kappa shape index (κ1) is 17.3. The smallest absolute Gasteiger partial charge is 0.255 e. The van der Waals surface area contributed by atoms with E-state index in [1.807, 2.05) is 30.0 Å². The standard InChI is InChI=1S/C18H25NO2/c1-4-15(5-2)14-19(6-3)18(21)17-12-8-7-10-16(17)11-9-13-20/h7-8,10,12,15,20H,4-6,13-14H2,1-3H3. The molecular formula is C18H25NO2. The SMILES string of the molecule is CCC(CC)CN(CC)C(=O)c1ccccc1C#CCO. The van der Waals surface area contributed by atoms with Gasteiger partial charge in [0, 0.05) is 18.7 Å². The molecule has 1 aromatic rings. The second-order valence-corrected chi connectivity index (χ2v) is 5.03. The van der Waals surface area contributed by atoms with Crippen molar-refractivity contribution in [2.24, 2.45) is 5.92 Å². The van der Waals surface area contributed by atoms with E-state index in [4.69, 9.17) is 5.11 Å². The number of rotatable bonds is 6. The van der Waals surface area contributed by atoms with E-state index < -0.39 is 0 Å². The van der Waals surface area contributed by atoms with Crippen molar-refractivity contribution in [2.45, 2.75) is 33.6 Å². The van der Waals surface area contributed by atoms with Gasteiger partial charge in [-0.25, -0.2) is 0 Å². The highest BCUT2D eigenvalue weighted by molar-refractivity contribution is 5.96. The van der Waals surface area contributed by atoms with Gasteiger partial charge >= 0.3 is 0 Å². The van der Waals surface area contributed by atoms with Gasteiger partial charge in [-0.2, -0.15) is 0 Å². The fourth-order valence-corrected chi connectivity index (χ4v) is 2.30. The van der Waals surface area contributed by atoms with E-state index in [2.05, 4.69) is 25.7 Å². The molecule has 0 aliphatic carbocycles. The number of carbonyl (C=O) groups excluding carboxylic acids is 1. The van der Waals surface area contributed by atoms with Crippen LogP contribution in [0.2, 0.25) is 0 Å². The summed E-state index contributed by atoms with van der Waals surface area (Å²) in [6.07, 6.45) is 2.15. The Bertz CT molecular complexity index is 509. The summed E-state index contributed by atoms with van der Waals surface area (Å²) in [4.78, 5) is 14.6. The molecule has 114 valence electrons. The van der Waals surface area contributed by atoms with Crippen molar-refractivity contribution in [1.82, 2.24) is 4.90 Å². The van der Waals surface area contributed by atoms with Crippen LogP contribution in [0.25, 0.3) is 0 Å². The number of carbonyl (C=O) groups is 1. The van der Waals surface area contributed by atoms with Gasteiger partial charge in [0.15, 0.2) is 0 Å². The van der Waals surface area contributed by atoms with Crippen LogP contribution in [0.1, 0.15) is 49.5 Å². The molecule has 3 heteroatoms. The molecule has 0 bridgehead atoms. The number of nitrogens with zero attached hydrogens (tertiary/aromatic N) is 1. The van der Waals surface area contributed by atoms with Gasteiger partial charge in [0.05, 0.1) is 5.56 Å². The Balaban J connectivity index is 3.00. The summed E-state index contributed by atoms with van der Waals surface area (Å²) in [6.45, 7) is 7.59. The van der Waals surface area contributed by atoms with Gasteiger partial charge in [-0.15, -0.1) is 0 Å². The first-order valence-electron chi connectivity index (χ1n) is 7.65. The van der Waals surface area contributed by atoms with Crippen LogP contribution in [0.4, 0.5) is 0 Å². The van der Waals surface area contributed by atoms with E-state index in [-0.39, 0.29) is 12.5 Å². The molecule has 0 heterocycles. The molecule has 0 saturated heterocycles. The molecule has 0 aliphatic heterocycles. The lowest BCUT2D eigenvalue weighted by Crippen LogP contribution is -2.35. The summed E-state index contributed by atoms with van der Waals surface area (Å²) >= 11 is 0. The summed E-state index contributed by atoms with van der Waals surface area (Å²) in [5, 5.41) is 8.83. The average molecular weight is 287 g/mol. The largest absolute Gasteiger partial charge is 0.384 e. The Morgan fingerprint density at radius 3 is 2.48 bits per heavy atom. The van der Waals surface area contributed by atoms with Crippen LogP contribution >= 0.6 is 0 Å². The quantitative estimate of drug-likeness (QED) is 0.817. The molecule has 1 N–H and O–H groups in total. The lowest BCUT2D eigenvalue weighted by Gasteiger charge is -2.26. The van der Waals surface area contributed by atoms with Crippen LogP contribution in [0.5, 0.6) is 0 Å². The summed E-state index contributed by atoms with van der Waals surface area (Å²) < 4.78 is 0. The number of benzene rings is 1. The van der Waals surface area contributed by atoms with Crippen LogP contribution in [0, 0.1) is 17.8 Å². The second-order valence-electron chi connectivity index (χ2n) is 5.03. The Morgan fingerprint density at radius 1 is 1.24 bits per heavy atom. The van der Waals surface area contributed by atoms with E-state index >= 15 is 0 Å². The third kappa shape index (κ3) is 4.91. The number of hydrogen-bond acceptors (Lipinski definition) is 2. The van der Waals surface area contributed by atoms with Gasteiger partial charge in [-0.3, -0.25) is 4.79 Å². The Labute approximate surface area is 128 Å². The Hall–Kier alpha value is -1.79. The predicted molar refractivity (Wildman–Crippen MR) is 86.1 cm³/mol. The highest BCUT2D eigenvalue weighted by Gasteiger charge is 2.19. The van der Waals surface area contributed by atoms with Gasteiger partial charge < -0.3 is 10.0 Å². The lowest BCUT2D eigenvalue weighted by molar-refractivity contribution is 0.0734. The number of hydrogen-bond donors (Lipinski definition) is 1. The lowest BCUT2D eigenvalue weighted by atomic mass is 10.0. The maximum atomic E-state index is 12.7. The zero-order valence-electron chi connectivity index (χ0n) is 13.2. The number of amides is 1. The van der Waals surface area contributed by atoms with E-state index in [0.717, 1.165) is 19.4 Å². The highest BCUT2D eigenvalue weighted by Crippen LogP contribution is 2.15. The monoisotopic (exact) mass is 287 g/mol. The second kappa shape index (κ2) is 9.20. The molecule has 3 nitrogen and oxygen atoms in total. The molecule has 0 fully saturated rings. The molecule has 21 heavy (non-hydrogen) atoms. The molecule has 1 rings (SSSR count). The molecule has 0 saturated carbocycles. The van der Waals surface area contributed by atoms with Gasteiger partial charge in [0.1, 0.15) is 6.61 Å². The Morgan fingerprint density at radius 2 is 1.90 bits per heavy atom. The van der Waals surface area contributed by atoms with E-state index in [1.54, 1.807) is 6.07 Å². The fourth-order valence-electron chi connectivity index (χ4n) is 2.30. The molecule has 0 spiro atoms. The maximum Gasteiger partial charge on any atom is 0.255 e. The number of aliphatic hydroxyl groups is 1. The van der Waals surface area contributed by atoms with Crippen LogP contribution < -0.4 is 0 Å². The van der Waals surface area contributed by atoms with Crippen molar-refractivity contribution >= 4 is 5.91 Å². The van der Waals surface area contributed by atoms with Crippen LogP contribution in [0.3, 0.4) is 0 Å². The van der Waals surface area contributed by atoms with Crippen LogP contribution in [-0.4, -0.2) is 35.6 Å². The normalized spacial score (nSPS) is 10.1. The first-order chi connectivity index (χ1) is 10.2. The molecule has 1 amide bonds. The minimum Gasteiger partial charge on any atom is -0.384 e. The van der Waals surface area contributed by atoms with Crippen LogP contribution in [-0.2, 0) is 0 Å². The van der Waals surface area contributed by atoms with Crippen LogP contribution in [0.15, 0.2) is 24.3 Å². The van der Waals surface area contributed by atoms with Gasteiger partial charge in [0.2, 0.25) is 0 Å².